The fourth-order valence-corrected chi connectivity index (χ4v) is 3.86. The molecule has 4 aromatic rings. The van der Waals surface area contributed by atoms with Gasteiger partial charge in [-0.1, -0.05) is 26.0 Å². The van der Waals surface area contributed by atoms with Gasteiger partial charge in [0.2, 0.25) is 5.78 Å². The Bertz CT molecular complexity index is 1480. The number of carbonyl (C=O) groups is 1. The number of hydrogen-bond acceptors (Lipinski definition) is 4. The van der Waals surface area contributed by atoms with Crippen LogP contribution in [0.2, 0.25) is 0 Å². The molecule has 178 valence electrons. The fourth-order valence-electron chi connectivity index (χ4n) is 3.86. The second-order valence-electron chi connectivity index (χ2n) is 9.20. The lowest BCUT2D eigenvalue weighted by atomic mass is 10.1. The molecule has 0 fully saturated rings. The van der Waals surface area contributed by atoms with E-state index in [4.69, 9.17) is 0 Å². The predicted molar refractivity (Wildman–Crippen MR) is 129 cm³/mol. The summed E-state index contributed by atoms with van der Waals surface area (Å²) in [5.74, 6) is -0.0999. The molecular weight excluding hydrogens is 437 g/mol. The molecule has 0 unspecified atom stereocenters. The average Bonchev–Trinajstić information content (AvgIpc) is 3.10. The monoisotopic (exact) mass is 465 g/mol. The van der Waals surface area contributed by atoms with Gasteiger partial charge in [-0.15, -0.1) is 5.10 Å². The number of amides is 1. The summed E-state index contributed by atoms with van der Waals surface area (Å²) in [6.45, 7) is 8.35. The zero-order chi connectivity index (χ0) is 24.6. The van der Waals surface area contributed by atoms with E-state index in [1.54, 1.807) is 30.3 Å². The topological polar surface area (TPSA) is 90.4 Å². The van der Waals surface area contributed by atoms with Gasteiger partial charge in [0.25, 0.3) is 11.5 Å². The molecule has 8 nitrogen and oxygen atoms in total. The van der Waals surface area contributed by atoms with Crippen molar-refractivity contribution < 1.29 is 9.18 Å². The van der Waals surface area contributed by atoms with E-state index in [0.717, 1.165) is 6.42 Å². The Labute approximate surface area is 195 Å². The molecule has 0 saturated heterocycles. The number of rotatable bonds is 7. The van der Waals surface area contributed by atoms with Gasteiger partial charge in [-0.3, -0.25) is 14.2 Å². The smallest absolute Gasteiger partial charge is 0.350 e. The van der Waals surface area contributed by atoms with Crippen molar-refractivity contribution in [2.45, 2.75) is 53.2 Å². The second kappa shape index (κ2) is 9.24. The van der Waals surface area contributed by atoms with Crippen molar-refractivity contribution in [3.8, 4) is 0 Å². The van der Waals surface area contributed by atoms with Crippen LogP contribution >= 0.6 is 0 Å². The molecule has 0 radical (unpaired) electrons. The van der Waals surface area contributed by atoms with Gasteiger partial charge in [-0.25, -0.2) is 18.3 Å². The molecule has 0 atom stereocenters. The number of aromatic nitrogens is 4. The number of nitrogens with one attached hydrogen (secondary N) is 1. The Hall–Kier alpha value is -3.75. The predicted octanol–water partition coefficient (Wildman–Crippen LogP) is 3.18. The number of halogens is 1. The SMILES string of the molecule is CC(C)CCn1c(=O)c2ccc(C(=O)NC(C)C)cc2n2c(=O)n(Cc3ccc(F)cc3)nc12. The van der Waals surface area contributed by atoms with Crippen LogP contribution in [0.1, 0.15) is 50.0 Å². The van der Waals surface area contributed by atoms with Crippen LogP contribution in [-0.4, -0.2) is 30.7 Å². The molecule has 0 spiro atoms. The molecule has 2 heterocycles. The molecule has 0 bridgehead atoms. The number of carbonyl (C=O) groups excluding carboxylic acids is 1. The summed E-state index contributed by atoms with van der Waals surface area (Å²) in [7, 11) is 0. The largest absolute Gasteiger partial charge is 0.352 e. The van der Waals surface area contributed by atoms with Gasteiger partial charge in [0.15, 0.2) is 0 Å². The molecule has 4 rings (SSSR count). The summed E-state index contributed by atoms with van der Waals surface area (Å²) in [5.41, 5.74) is 0.666. The third kappa shape index (κ3) is 4.50. The van der Waals surface area contributed by atoms with Crippen LogP contribution in [0.25, 0.3) is 16.7 Å². The Morgan fingerprint density at radius 2 is 1.76 bits per heavy atom. The van der Waals surface area contributed by atoms with Crippen LogP contribution in [0.5, 0.6) is 0 Å². The summed E-state index contributed by atoms with van der Waals surface area (Å²) in [4.78, 5) is 39.4. The molecule has 2 aromatic carbocycles. The van der Waals surface area contributed by atoms with E-state index in [9.17, 15) is 18.8 Å². The van der Waals surface area contributed by atoms with Gasteiger partial charge in [-0.2, -0.15) is 0 Å². The lowest BCUT2D eigenvalue weighted by molar-refractivity contribution is 0.0943. The number of fused-ring (bicyclic) bond motifs is 3. The van der Waals surface area contributed by atoms with Crippen molar-refractivity contribution in [1.82, 2.24) is 24.1 Å². The average molecular weight is 466 g/mol. The Kier molecular flexibility index (Phi) is 6.37. The minimum absolute atomic E-state index is 0.0616. The maximum absolute atomic E-state index is 13.4. The van der Waals surface area contributed by atoms with Crippen molar-refractivity contribution in [1.29, 1.82) is 0 Å². The highest BCUT2D eigenvalue weighted by Gasteiger charge is 2.19. The highest BCUT2D eigenvalue weighted by molar-refractivity contribution is 5.98. The highest BCUT2D eigenvalue weighted by Crippen LogP contribution is 2.16. The molecule has 1 amide bonds. The fraction of sp³-hybridized carbons (Fsp3) is 0.360. The van der Waals surface area contributed by atoms with Crippen LogP contribution in [0, 0.1) is 11.7 Å². The van der Waals surface area contributed by atoms with E-state index in [1.807, 2.05) is 13.8 Å². The third-order valence-corrected chi connectivity index (χ3v) is 5.64. The summed E-state index contributed by atoms with van der Waals surface area (Å²) >= 11 is 0. The molecule has 34 heavy (non-hydrogen) atoms. The zero-order valence-electron chi connectivity index (χ0n) is 19.7. The number of aryl methyl sites for hydroxylation is 1. The summed E-state index contributed by atoms with van der Waals surface area (Å²) in [6, 6.07) is 10.5. The maximum Gasteiger partial charge on any atom is 0.352 e. The zero-order valence-corrected chi connectivity index (χ0v) is 19.7. The Morgan fingerprint density at radius 3 is 2.41 bits per heavy atom. The van der Waals surface area contributed by atoms with Crippen molar-refractivity contribution in [3.05, 3.63) is 80.2 Å². The van der Waals surface area contributed by atoms with Gasteiger partial charge in [0, 0.05) is 18.2 Å². The summed E-state index contributed by atoms with van der Waals surface area (Å²) in [6.07, 6.45) is 0.731. The first-order valence-corrected chi connectivity index (χ1v) is 11.4. The first kappa shape index (κ1) is 23.4. The lowest BCUT2D eigenvalue weighted by Gasteiger charge is -2.12. The van der Waals surface area contributed by atoms with E-state index >= 15 is 0 Å². The maximum atomic E-state index is 13.4. The van der Waals surface area contributed by atoms with Crippen molar-refractivity contribution >= 4 is 22.6 Å². The third-order valence-electron chi connectivity index (χ3n) is 5.64. The summed E-state index contributed by atoms with van der Waals surface area (Å²) < 4.78 is 17.5. The Balaban J connectivity index is 1.95. The molecular formula is C25H28FN5O3. The van der Waals surface area contributed by atoms with Crippen molar-refractivity contribution in [2.24, 2.45) is 5.92 Å². The molecule has 9 heteroatoms. The summed E-state index contributed by atoms with van der Waals surface area (Å²) in [5, 5.41) is 7.64. The van der Waals surface area contributed by atoms with E-state index in [1.165, 1.54) is 25.8 Å². The van der Waals surface area contributed by atoms with E-state index in [2.05, 4.69) is 24.3 Å². The minimum Gasteiger partial charge on any atom is -0.350 e. The number of nitrogens with zero attached hydrogens (tertiary/aromatic N) is 4. The normalized spacial score (nSPS) is 11.7. The first-order valence-electron chi connectivity index (χ1n) is 11.4. The molecule has 0 aliphatic rings. The number of hydrogen-bond donors (Lipinski definition) is 1. The van der Waals surface area contributed by atoms with E-state index in [0.29, 0.717) is 34.5 Å². The van der Waals surface area contributed by atoms with Crippen LogP contribution < -0.4 is 16.6 Å². The van der Waals surface area contributed by atoms with Gasteiger partial charge in [0.05, 0.1) is 17.4 Å². The molecule has 0 aliphatic heterocycles. The standard InChI is InChI=1S/C25H28FN5O3/c1-15(2)11-12-29-23(33)20-10-7-18(22(32)27-16(3)4)13-21(20)31-24(29)28-30(25(31)34)14-17-5-8-19(26)9-6-17/h5-10,13,15-16H,11-12,14H2,1-4H3,(H,27,32). The van der Waals surface area contributed by atoms with Crippen LogP contribution in [0.15, 0.2) is 52.1 Å². The molecule has 2 aromatic heterocycles. The van der Waals surface area contributed by atoms with Crippen molar-refractivity contribution in [3.63, 3.8) is 0 Å². The van der Waals surface area contributed by atoms with Crippen LogP contribution in [-0.2, 0) is 13.1 Å². The van der Waals surface area contributed by atoms with Crippen LogP contribution in [0.4, 0.5) is 4.39 Å². The lowest BCUT2D eigenvalue weighted by Crippen LogP contribution is -2.30. The Morgan fingerprint density at radius 1 is 1.06 bits per heavy atom. The van der Waals surface area contributed by atoms with E-state index in [-0.39, 0.29) is 35.6 Å². The minimum atomic E-state index is -0.441. The van der Waals surface area contributed by atoms with Crippen molar-refractivity contribution in [2.75, 3.05) is 0 Å². The van der Waals surface area contributed by atoms with Gasteiger partial charge in [-0.05, 0) is 62.1 Å². The highest BCUT2D eigenvalue weighted by atomic mass is 19.1. The number of benzene rings is 2. The van der Waals surface area contributed by atoms with Crippen LogP contribution in [0.3, 0.4) is 0 Å². The quantitative estimate of drug-likeness (QED) is 0.454. The molecule has 0 saturated carbocycles. The second-order valence-corrected chi connectivity index (χ2v) is 9.20. The molecule has 0 aliphatic carbocycles. The van der Waals surface area contributed by atoms with Gasteiger partial charge < -0.3 is 5.32 Å². The van der Waals surface area contributed by atoms with Gasteiger partial charge in [0.1, 0.15) is 5.82 Å². The molecule has 1 N–H and O–H groups in total. The van der Waals surface area contributed by atoms with Gasteiger partial charge >= 0.3 is 5.69 Å². The van der Waals surface area contributed by atoms with E-state index < -0.39 is 5.69 Å². The first-order chi connectivity index (χ1) is 16.2.